The van der Waals surface area contributed by atoms with Crippen molar-refractivity contribution in [2.45, 2.75) is 26.0 Å². The average molecular weight is 531 g/mol. The topological polar surface area (TPSA) is 105 Å². The molecule has 1 heterocycles. The molecule has 3 aromatic rings. The Morgan fingerprint density at radius 1 is 0.923 bits per heavy atom. The lowest BCUT2D eigenvalue weighted by Gasteiger charge is -2.34. The molecule has 1 saturated heterocycles. The van der Waals surface area contributed by atoms with Gasteiger partial charge >= 0.3 is 0 Å². The second-order valence-electron chi connectivity index (χ2n) is 10.2. The third kappa shape index (κ3) is 7.23. The van der Waals surface area contributed by atoms with Crippen LogP contribution in [0.25, 0.3) is 11.1 Å². The zero-order valence-electron chi connectivity index (χ0n) is 22.9. The lowest BCUT2D eigenvalue weighted by molar-refractivity contribution is 0.0802. The van der Waals surface area contributed by atoms with Crippen molar-refractivity contribution in [1.82, 2.24) is 15.5 Å². The van der Waals surface area contributed by atoms with Gasteiger partial charge in [0.2, 0.25) is 0 Å². The fourth-order valence-corrected chi connectivity index (χ4v) is 4.68. The van der Waals surface area contributed by atoms with E-state index in [1.54, 1.807) is 18.2 Å². The fraction of sp³-hybridized carbons (Fsp3) is 0.355. The van der Waals surface area contributed by atoms with Crippen LogP contribution in [-0.4, -0.2) is 79.4 Å². The predicted molar refractivity (Wildman–Crippen MR) is 154 cm³/mol. The van der Waals surface area contributed by atoms with Crippen molar-refractivity contribution in [3.05, 3.63) is 89.0 Å². The summed E-state index contributed by atoms with van der Waals surface area (Å²) in [7, 11) is 2.13. The first-order valence-corrected chi connectivity index (χ1v) is 13.4. The Morgan fingerprint density at radius 2 is 1.62 bits per heavy atom. The summed E-state index contributed by atoms with van der Waals surface area (Å²) in [5.74, 6) is -0.430. The van der Waals surface area contributed by atoms with Crippen LogP contribution in [0.5, 0.6) is 0 Å². The largest absolute Gasteiger partial charge is 0.394 e. The summed E-state index contributed by atoms with van der Waals surface area (Å²) in [6.07, 6.45) is -0.997. The van der Waals surface area contributed by atoms with Gasteiger partial charge in [0.15, 0.2) is 0 Å². The molecule has 1 fully saturated rings. The predicted octanol–water partition coefficient (Wildman–Crippen LogP) is 2.99. The molecule has 2 atom stereocenters. The second kappa shape index (κ2) is 12.9. The summed E-state index contributed by atoms with van der Waals surface area (Å²) in [4.78, 5) is 30.5. The summed E-state index contributed by atoms with van der Waals surface area (Å²) in [5.41, 5.74) is 5.89. The van der Waals surface area contributed by atoms with E-state index >= 15 is 0 Å². The number of likely N-dealkylation sites (N-methyl/N-ethyl adjacent to an activating group) is 1. The number of aryl methyl sites for hydroxylation is 1. The zero-order valence-corrected chi connectivity index (χ0v) is 22.9. The number of nitrogens with one attached hydrogen (secondary N) is 2. The summed E-state index contributed by atoms with van der Waals surface area (Å²) < 4.78 is 0. The fourth-order valence-electron chi connectivity index (χ4n) is 4.68. The molecule has 0 aromatic heterocycles. The van der Waals surface area contributed by atoms with Crippen LogP contribution < -0.4 is 15.5 Å². The Labute approximate surface area is 230 Å². The van der Waals surface area contributed by atoms with E-state index in [2.05, 4.69) is 33.5 Å². The Hall–Kier alpha value is -3.72. The smallest absolute Gasteiger partial charge is 0.252 e. The van der Waals surface area contributed by atoms with E-state index in [4.69, 9.17) is 5.11 Å². The minimum atomic E-state index is -0.997. The van der Waals surface area contributed by atoms with Crippen LogP contribution in [0.2, 0.25) is 0 Å². The summed E-state index contributed by atoms with van der Waals surface area (Å²) in [6, 6.07) is 21.0. The Morgan fingerprint density at radius 3 is 2.33 bits per heavy atom. The summed E-state index contributed by atoms with van der Waals surface area (Å²) in [5, 5.41) is 24.2. The van der Waals surface area contributed by atoms with Crippen LogP contribution in [0.3, 0.4) is 0 Å². The van der Waals surface area contributed by atoms with Gasteiger partial charge in [0.25, 0.3) is 11.8 Å². The van der Waals surface area contributed by atoms with Gasteiger partial charge in [-0.05, 0) is 73.5 Å². The van der Waals surface area contributed by atoms with Crippen LogP contribution in [0.15, 0.2) is 66.7 Å². The van der Waals surface area contributed by atoms with E-state index in [0.717, 1.165) is 54.1 Å². The van der Waals surface area contributed by atoms with Crippen molar-refractivity contribution in [3.63, 3.8) is 0 Å². The van der Waals surface area contributed by atoms with Gasteiger partial charge in [-0.25, -0.2) is 0 Å². The first-order valence-electron chi connectivity index (χ1n) is 13.4. The van der Waals surface area contributed by atoms with Crippen molar-refractivity contribution >= 4 is 17.5 Å². The molecule has 1 aliphatic heterocycles. The molecule has 8 nitrogen and oxygen atoms in total. The van der Waals surface area contributed by atoms with Crippen LogP contribution >= 0.6 is 0 Å². The van der Waals surface area contributed by atoms with Crippen LogP contribution in [0.4, 0.5) is 5.69 Å². The number of aliphatic hydroxyl groups is 2. The summed E-state index contributed by atoms with van der Waals surface area (Å²) in [6.45, 7) is 7.38. The molecular weight excluding hydrogens is 492 g/mol. The number of hydrogen-bond donors (Lipinski definition) is 4. The van der Waals surface area contributed by atoms with Gasteiger partial charge in [0.1, 0.15) is 0 Å². The Kier molecular flexibility index (Phi) is 9.35. The van der Waals surface area contributed by atoms with Gasteiger partial charge in [-0.1, -0.05) is 36.4 Å². The number of aliphatic hydroxyl groups excluding tert-OH is 2. The molecule has 0 radical (unpaired) electrons. The lowest BCUT2D eigenvalue weighted by Crippen LogP contribution is -2.44. The van der Waals surface area contributed by atoms with Crippen molar-refractivity contribution < 1.29 is 19.8 Å². The molecule has 0 bridgehead atoms. The maximum atomic E-state index is 13.3. The highest BCUT2D eigenvalue weighted by Gasteiger charge is 2.19. The second-order valence-corrected chi connectivity index (χ2v) is 10.2. The van der Waals surface area contributed by atoms with E-state index < -0.39 is 12.7 Å². The van der Waals surface area contributed by atoms with Crippen molar-refractivity contribution in [2.24, 2.45) is 0 Å². The van der Waals surface area contributed by atoms with Crippen molar-refractivity contribution in [3.8, 4) is 11.1 Å². The molecule has 8 heteroatoms. The van der Waals surface area contributed by atoms with Crippen molar-refractivity contribution in [1.29, 1.82) is 0 Å². The third-order valence-corrected chi connectivity index (χ3v) is 7.24. The molecule has 2 amide bonds. The molecule has 4 rings (SSSR count). The maximum Gasteiger partial charge on any atom is 0.252 e. The van der Waals surface area contributed by atoms with E-state index in [9.17, 15) is 14.7 Å². The van der Waals surface area contributed by atoms with Gasteiger partial charge in [-0.2, -0.15) is 0 Å². The van der Waals surface area contributed by atoms with E-state index in [0.29, 0.717) is 11.1 Å². The molecule has 39 heavy (non-hydrogen) atoms. The molecule has 0 saturated carbocycles. The highest BCUT2D eigenvalue weighted by molar-refractivity contribution is 5.97. The highest BCUT2D eigenvalue weighted by Crippen LogP contribution is 2.26. The number of carbonyl (C=O) groups excluding carboxylic acids is 2. The monoisotopic (exact) mass is 530 g/mol. The first kappa shape index (κ1) is 28.3. The number of amides is 2. The van der Waals surface area contributed by atoms with Gasteiger partial charge in [-0.15, -0.1) is 0 Å². The van der Waals surface area contributed by atoms with Gasteiger partial charge in [0, 0.05) is 49.5 Å². The number of piperazine rings is 1. The number of benzene rings is 3. The molecule has 1 aliphatic rings. The van der Waals surface area contributed by atoms with Crippen molar-refractivity contribution in [2.75, 3.05) is 51.3 Å². The molecule has 206 valence electrons. The van der Waals surface area contributed by atoms with Crippen LogP contribution in [0, 0.1) is 6.92 Å². The normalized spacial score (nSPS) is 15.5. The van der Waals surface area contributed by atoms with Gasteiger partial charge in [-0.3, -0.25) is 9.59 Å². The Bertz CT molecular complexity index is 1300. The molecule has 0 spiro atoms. The SMILES string of the molecule is Cc1ccc(N2CCN(C)CC2)cc1C(=O)N[C@H](C)c1cccc(-c2cccc(C(=O)NC[C@@H](O)CO)c2)c1. The maximum absolute atomic E-state index is 13.3. The summed E-state index contributed by atoms with van der Waals surface area (Å²) >= 11 is 0. The van der Waals surface area contributed by atoms with E-state index in [1.807, 2.05) is 56.3 Å². The lowest BCUT2D eigenvalue weighted by atomic mass is 9.98. The zero-order chi connectivity index (χ0) is 27.9. The molecule has 4 N–H and O–H groups in total. The van der Waals surface area contributed by atoms with Crippen LogP contribution in [-0.2, 0) is 0 Å². The molecule has 0 unspecified atom stereocenters. The van der Waals surface area contributed by atoms with Gasteiger partial charge < -0.3 is 30.6 Å². The first-order chi connectivity index (χ1) is 18.7. The molecule has 0 aliphatic carbocycles. The van der Waals surface area contributed by atoms with E-state index in [-0.39, 0.29) is 24.4 Å². The minimum Gasteiger partial charge on any atom is -0.394 e. The molecular formula is C31H38N4O4. The number of carbonyl (C=O) groups is 2. The number of anilines is 1. The van der Waals surface area contributed by atoms with E-state index in [1.165, 1.54) is 0 Å². The standard InChI is InChI=1S/C31H38N4O4/c1-21-10-11-27(35-14-12-34(3)13-15-35)18-29(21)31(39)33-22(2)23-6-4-7-24(16-23)25-8-5-9-26(17-25)30(38)32-19-28(37)20-36/h4-11,16-18,22,28,36-37H,12-15,19-20H2,1-3H3,(H,32,38)(H,33,39)/t22-,28-/m1/s1. The average Bonchev–Trinajstić information content (AvgIpc) is 2.96. The molecule has 3 aromatic carbocycles. The van der Waals surface area contributed by atoms with Gasteiger partial charge in [0.05, 0.1) is 18.8 Å². The highest BCUT2D eigenvalue weighted by atomic mass is 16.3. The number of rotatable bonds is 9. The quantitative estimate of drug-likeness (QED) is 0.339. The Balaban J connectivity index is 1.46. The number of nitrogens with zero attached hydrogens (tertiary/aromatic N) is 2. The third-order valence-electron chi connectivity index (χ3n) is 7.24. The minimum absolute atomic E-state index is 0.0238. The van der Waals surface area contributed by atoms with Crippen LogP contribution in [0.1, 0.15) is 44.8 Å². The number of hydrogen-bond acceptors (Lipinski definition) is 6.